The summed E-state index contributed by atoms with van der Waals surface area (Å²) in [5, 5.41) is 3.08. The Hall–Kier alpha value is -2.08. The first-order valence-electron chi connectivity index (χ1n) is 8.17. The summed E-state index contributed by atoms with van der Waals surface area (Å²) in [7, 11) is 0. The number of nitrogens with one attached hydrogen (secondary N) is 1. The van der Waals surface area contributed by atoms with Gasteiger partial charge in [-0.25, -0.2) is 18.2 Å². The van der Waals surface area contributed by atoms with Crippen molar-refractivity contribution in [3.8, 4) is 0 Å². The zero-order valence-electron chi connectivity index (χ0n) is 13.4. The Kier molecular flexibility index (Phi) is 5.35. The smallest absolute Gasteiger partial charge is 0.194 e. The van der Waals surface area contributed by atoms with Gasteiger partial charge in [0.1, 0.15) is 5.82 Å². The fourth-order valence-electron chi connectivity index (χ4n) is 2.89. The third-order valence-electron chi connectivity index (χ3n) is 4.19. The van der Waals surface area contributed by atoms with Gasteiger partial charge in [0, 0.05) is 32.4 Å². The molecule has 1 N–H and O–H groups in total. The Balaban J connectivity index is 1.53. The molecule has 0 spiro atoms. The van der Waals surface area contributed by atoms with E-state index in [1.807, 2.05) is 18.3 Å². The van der Waals surface area contributed by atoms with Crippen LogP contribution in [0.25, 0.3) is 0 Å². The highest BCUT2D eigenvalue weighted by Gasteiger charge is 2.12. The van der Waals surface area contributed by atoms with Gasteiger partial charge in [-0.3, -0.25) is 0 Å². The molecule has 1 aliphatic heterocycles. The average molecular weight is 335 g/mol. The van der Waals surface area contributed by atoms with Crippen LogP contribution in [0.15, 0.2) is 30.5 Å². The second-order valence-electron chi connectivity index (χ2n) is 6.05. The molecule has 1 aliphatic rings. The van der Waals surface area contributed by atoms with Crippen molar-refractivity contribution >= 4 is 5.82 Å². The van der Waals surface area contributed by atoms with Crippen LogP contribution in [0.3, 0.4) is 0 Å². The summed E-state index contributed by atoms with van der Waals surface area (Å²) < 4.78 is 39.2. The van der Waals surface area contributed by atoms with Crippen molar-refractivity contribution in [1.82, 2.24) is 10.3 Å². The maximum Gasteiger partial charge on any atom is 0.194 e. The zero-order chi connectivity index (χ0) is 16.9. The normalized spacial score (nSPS) is 14.9. The highest BCUT2D eigenvalue weighted by Crippen LogP contribution is 2.17. The molecular formula is C18H20F3N3. The van der Waals surface area contributed by atoms with Crippen LogP contribution in [0.1, 0.15) is 30.4 Å². The number of anilines is 1. The molecular weight excluding hydrogens is 315 g/mol. The van der Waals surface area contributed by atoms with Gasteiger partial charge in [0.15, 0.2) is 17.5 Å². The van der Waals surface area contributed by atoms with Crippen molar-refractivity contribution < 1.29 is 13.2 Å². The molecule has 2 heterocycles. The van der Waals surface area contributed by atoms with Gasteiger partial charge >= 0.3 is 0 Å². The van der Waals surface area contributed by atoms with Crippen LogP contribution < -0.4 is 10.2 Å². The van der Waals surface area contributed by atoms with Gasteiger partial charge in [-0.15, -0.1) is 0 Å². The van der Waals surface area contributed by atoms with Crippen LogP contribution in [-0.4, -0.2) is 18.1 Å². The van der Waals surface area contributed by atoms with Crippen LogP contribution >= 0.6 is 0 Å². The first-order valence-corrected chi connectivity index (χ1v) is 8.17. The predicted octanol–water partition coefficient (Wildman–Crippen LogP) is 3.78. The van der Waals surface area contributed by atoms with E-state index in [9.17, 15) is 13.2 Å². The minimum Gasteiger partial charge on any atom is -0.357 e. The molecule has 128 valence electrons. The molecule has 24 heavy (non-hydrogen) atoms. The molecule has 1 aromatic carbocycles. The summed E-state index contributed by atoms with van der Waals surface area (Å²) in [6.07, 6.45) is 5.50. The second kappa shape index (κ2) is 7.66. The van der Waals surface area contributed by atoms with Gasteiger partial charge < -0.3 is 10.2 Å². The maximum absolute atomic E-state index is 13.2. The number of benzene rings is 1. The minimum absolute atomic E-state index is 0.252. The lowest BCUT2D eigenvalue weighted by atomic mass is 10.1. The van der Waals surface area contributed by atoms with E-state index >= 15 is 0 Å². The SMILES string of the molecule is Fc1cc(CNCc2ccc(N3CCCCC3)nc2)cc(F)c1F. The lowest BCUT2D eigenvalue weighted by Crippen LogP contribution is -2.30. The zero-order valence-corrected chi connectivity index (χ0v) is 13.4. The van der Waals surface area contributed by atoms with E-state index in [1.165, 1.54) is 19.3 Å². The summed E-state index contributed by atoms with van der Waals surface area (Å²) in [6.45, 7) is 2.87. The third-order valence-corrected chi connectivity index (χ3v) is 4.19. The van der Waals surface area contributed by atoms with Crippen molar-refractivity contribution in [2.45, 2.75) is 32.4 Å². The highest BCUT2D eigenvalue weighted by molar-refractivity contribution is 5.39. The Labute approximate surface area is 139 Å². The summed E-state index contributed by atoms with van der Waals surface area (Å²) in [5.74, 6) is -2.78. The minimum atomic E-state index is -1.43. The molecule has 3 nitrogen and oxygen atoms in total. The molecule has 0 unspecified atom stereocenters. The van der Waals surface area contributed by atoms with Crippen LogP contribution in [0.2, 0.25) is 0 Å². The van der Waals surface area contributed by atoms with E-state index in [4.69, 9.17) is 0 Å². The number of nitrogens with zero attached hydrogens (tertiary/aromatic N) is 2. The molecule has 1 aromatic heterocycles. The molecule has 6 heteroatoms. The van der Waals surface area contributed by atoms with Crippen LogP contribution in [0.4, 0.5) is 19.0 Å². The summed E-state index contributed by atoms with van der Waals surface area (Å²) >= 11 is 0. The molecule has 0 amide bonds. The first-order chi connectivity index (χ1) is 11.6. The Morgan fingerprint density at radius 1 is 0.917 bits per heavy atom. The predicted molar refractivity (Wildman–Crippen MR) is 87.2 cm³/mol. The molecule has 0 saturated carbocycles. The van der Waals surface area contributed by atoms with Gasteiger partial charge in [-0.05, 0) is 48.6 Å². The van der Waals surface area contributed by atoms with E-state index in [-0.39, 0.29) is 6.54 Å². The van der Waals surface area contributed by atoms with Crippen molar-refractivity contribution in [3.63, 3.8) is 0 Å². The van der Waals surface area contributed by atoms with Crippen LogP contribution in [0, 0.1) is 17.5 Å². The molecule has 0 radical (unpaired) electrons. The van der Waals surface area contributed by atoms with E-state index in [2.05, 4.69) is 15.2 Å². The monoisotopic (exact) mass is 335 g/mol. The standard InChI is InChI=1S/C18H20F3N3/c19-15-8-14(9-16(20)18(15)21)11-22-10-13-4-5-17(23-12-13)24-6-2-1-3-7-24/h4-5,8-9,12,22H,1-3,6-7,10-11H2. The third kappa shape index (κ3) is 4.06. The van der Waals surface area contributed by atoms with Gasteiger partial charge in [-0.2, -0.15) is 0 Å². The lowest BCUT2D eigenvalue weighted by molar-refractivity contribution is 0.444. The van der Waals surface area contributed by atoms with Crippen molar-refractivity contribution in [3.05, 3.63) is 59.0 Å². The van der Waals surface area contributed by atoms with Crippen LogP contribution in [-0.2, 0) is 13.1 Å². The first kappa shape index (κ1) is 16.8. The fraction of sp³-hybridized carbons (Fsp3) is 0.389. The number of rotatable bonds is 5. The van der Waals surface area contributed by atoms with Gasteiger partial charge in [0.25, 0.3) is 0 Å². The molecule has 2 aromatic rings. The van der Waals surface area contributed by atoms with E-state index in [0.29, 0.717) is 12.1 Å². The molecule has 1 fully saturated rings. The summed E-state index contributed by atoms with van der Waals surface area (Å²) in [6, 6.07) is 6.00. The van der Waals surface area contributed by atoms with Crippen LogP contribution in [0.5, 0.6) is 0 Å². The summed E-state index contributed by atoms with van der Waals surface area (Å²) in [4.78, 5) is 6.77. The lowest BCUT2D eigenvalue weighted by Gasteiger charge is -2.27. The van der Waals surface area contributed by atoms with E-state index in [0.717, 1.165) is 36.6 Å². The van der Waals surface area contributed by atoms with Crippen molar-refractivity contribution in [1.29, 1.82) is 0 Å². The quantitative estimate of drug-likeness (QED) is 0.843. The Bertz CT molecular complexity index is 659. The largest absolute Gasteiger partial charge is 0.357 e. The topological polar surface area (TPSA) is 28.2 Å². The molecule has 1 saturated heterocycles. The van der Waals surface area contributed by atoms with Gasteiger partial charge in [-0.1, -0.05) is 6.07 Å². The molecule has 0 aliphatic carbocycles. The molecule has 3 rings (SSSR count). The Morgan fingerprint density at radius 3 is 2.21 bits per heavy atom. The number of hydrogen-bond donors (Lipinski definition) is 1. The van der Waals surface area contributed by atoms with E-state index < -0.39 is 17.5 Å². The summed E-state index contributed by atoms with van der Waals surface area (Å²) in [5.41, 5.74) is 1.35. The maximum atomic E-state index is 13.2. The van der Waals surface area contributed by atoms with E-state index in [1.54, 1.807) is 0 Å². The number of halogens is 3. The number of pyridine rings is 1. The van der Waals surface area contributed by atoms with Crippen molar-refractivity contribution in [2.75, 3.05) is 18.0 Å². The molecule has 0 atom stereocenters. The average Bonchev–Trinajstić information content (AvgIpc) is 2.61. The number of aromatic nitrogens is 1. The highest BCUT2D eigenvalue weighted by atomic mass is 19.2. The van der Waals surface area contributed by atoms with Crippen molar-refractivity contribution in [2.24, 2.45) is 0 Å². The number of hydrogen-bond acceptors (Lipinski definition) is 3. The van der Waals surface area contributed by atoms with Gasteiger partial charge in [0.2, 0.25) is 0 Å². The fourth-order valence-corrected chi connectivity index (χ4v) is 2.89. The van der Waals surface area contributed by atoms with Gasteiger partial charge in [0.05, 0.1) is 0 Å². The number of piperidine rings is 1. The molecule has 0 bridgehead atoms. The Morgan fingerprint density at radius 2 is 1.58 bits per heavy atom. The second-order valence-corrected chi connectivity index (χ2v) is 6.05.